The number of carboxylic acid groups (broad SMARTS) is 1. The predicted molar refractivity (Wildman–Crippen MR) is 70.5 cm³/mol. The Morgan fingerprint density at radius 2 is 1.84 bits per heavy atom. The van der Waals surface area contributed by atoms with E-state index < -0.39 is 5.97 Å². The van der Waals surface area contributed by atoms with Gasteiger partial charge in [0.05, 0.1) is 0 Å². The number of nitrogens with zero attached hydrogens (tertiary/aromatic N) is 1. The van der Waals surface area contributed by atoms with Gasteiger partial charge in [-0.05, 0) is 49.9 Å². The van der Waals surface area contributed by atoms with E-state index in [1.54, 1.807) is 0 Å². The number of carbonyl (C=O) groups excluding carboxylic acids is 1. The van der Waals surface area contributed by atoms with Crippen LogP contribution in [0.4, 0.5) is 0 Å². The van der Waals surface area contributed by atoms with Crippen molar-refractivity contribution in [1.29, 1.82) is 0 Å². The molecule has 0 bridgehead atoms. The highest BCUT2D eigenvalue weighted by atomic mass is 16.4. The van der Waals surface area contributed by atoms with Crippen molar-refractivity contribution >= 4 is 11.9 Å². The molecule has 0 radical (unpaired) electrons. The first-order chi connectivity index (χ1) is 9.16. The molecular formula is C15H23NO3. The Bertz CT molecular complexity index is 372. The maximum atomic E-state index is 12.5. The largest absolute Gasteiger partial charge is 0.481 e. The van der Waals surface area contributed by atoms with Crippen molar-refractivity contribution in [3.63, 3.8) is 0 Å². The maximum Gasteiger partial charge on any atom is 0.303 e. The summed E-state index contributed by atoms with van der Waals surface area (Å²) in [4.78, 5) is 25.1. The van der Waals surface area contributed by atoms with Crippen molar-refractivity contribution in [3.8, 4) is 0 Å². The molecule has 2 saturated carbocycles. The summed E-state index contributed by atoms with van der Waals surface area (Å²) >= 11 is 0. The summed E-state index contributed by atoms with van der Waals surface area (Å²) in [6.07, 6.45) is 6.87. The van der Waals surface area contributed by atoms with Gasteiger partial charge in [0.25, 0.3) is 0 Å². The number of rotatable bonds is 4. The molecule has 0 unspecified atom stereocenters. The third-order valence-corrected chi connectivity index (χ3v) is 5.29. The van der Waals surface area contributed by atoms with Crippen molar-refractivity contribution in [2.75, 3.05) is 13.1 Å². The molecule has 4 heteroatoms. The molecule has 0 spiro atoms. The third kappa shape index (κ3) is 2.63. The van der Waals surface area contributed by atoms with Gasteiger partial charge in [-0.1, -0.05) is 6.42 Å². The van der Waals surface area contributed by atoms with E-state index in [1.807, 2.05) is 4.90 Å². The number of amides is 1. The molecule has 3 atom stereocenters. The molecule has 3 aliphatic rings. The topological polar surface area (TPSA) is 57.6 Å². The van der Waals surface area contributed by atoms with E-state index in [4.69, 9.17) is 5.11 Å². The van der Waals surface area contributed by atoms with Crippen molar-refractivity contribution in [3.05, 3.63) is 0 Å². The monoisotopic (exact) mass is 265 g/mol. The minimum Gasteiger partial charge on any atom is -0.481 e. The molecule has 1 saturated heterocycles. The Kier molecular flexibility index (Phi) is 3.50. The Labute approximate surface area is 114 Å². The number of likely N-dealkylation sites (tertiary alicyclic amines) is 1. The molecule has 0 aromatic rings. The maximum absolute atomic E-state index is 12.5. The van der Waals surface area contributed by atoms with Gasteiger partial charge in [0.2, 0.25) is 5.91 Å². The van der Waals surface area contributed by atoms with E-state index in [0.29, 0.717) is 29.6 Å². The Balaban J connectivity index is 1.50. The number of carbonyl (C=O) groups is 2. The van der Waals surface area contributed by atoms with Crippen molar-refractivity contribution in [2.24, 2.45) is 23.7 Å². The van der Waals surface area contributed by atoms with E-state index in [2.05, 4.69) is 0 Å². The van der Waals surface area contributed by atoms with Crippen molar-refractivity contribution < 1.29 is 14.7 Å². The number of hydrogen-bond acceptors (Lipinski definition) is 2. The number of carboxylic acids is 1. The number of hydrogen-bond donors (Lipinski definition) is 1. The molecule has 4 nitrogen and oxygen atoms in total. The smallest absolute Gasteiger partial charge is 0.303 e. The zero-order chi connectivity index (χ0) is 13.4. The van der Waals surface area contributed by atoms with Crippen LogP contribution in [0, 0.1) is 23.7 Å². The van der Waals surface area contributed by atoms with E-state index in [9.17, 15) is 9.59 Å². The Morgan fingerprint density at radius 1 is 1.11 bits per heavy atom. The Hall–Kier alpha value is -1.06. The van der Waals surface area contributed by atoms with Crippen LogP contribution in [0.5, 0.6) is 0 Å². The first-order valence-corrected chi connectivity index (χ1v) is 7.67. The molecule has 0 aromatic carbocycles. The van der Waals surface area contributed by atoms with Gasteiger partial charge in [0, 0.05) is 25.4 Å². The summed E-state index contributed by atoms with van der Waals surface area (Å²) in [7, 11) is 0. The van der Waals surface area contributed by atoms with E-state index in [1.165, 1.54) is 19.3 Å². The van der Waals surface area contributed by atoms with Crippen LogP contribution in [0.1, 0.15) is 44.9 Å². The van der Waals surface area contributed by atoms with Crippen LogP contribution < -0.4 is 0 Å². The van der Waals surface area contributed by atoms with Crippen LogP contribution in [0.2, 0.25) is 0 Å². The van der Waals surface area contributed by atoms with Gasteiger partial charge >= 0.3 is 5.97 Å². The van der Waals surface area contributed by atoms with Gasteiger partial charge in [0.1, 0.15) is 0 Å². The first-order valence-electron chi connectivity index (χ1n) is 7.67. The first kappa shape index (κ1) is 12.9. The second-order valence-electron chi connectivity index (χ2n) is 6.51. The van der Waals surface area contributed by atoms with E-state index in [-0.39, 0.29) is 6.42 Å². The molecule has 106 valence electrons. The molecule has 2 aliphatic carbocycles. The molecule has 19 heavy (non-hydrogen) atoms. The Morgan fingerprint density at radius 3 is 2.53 bits per heavy atom. The lowest BCUT2D eigenvalue weighted by atomic mass is 9.93. The van der Waals surface area contributed by atoms with Gasteiger partial charge in [0.15, 0.2) is 0 Å². The van der Waals surface area contributed by atoms with Crippen LogP contribution in [0.25, 0.3) is 0 Å². The highest BCUT2D eigenvalue weighted by molar-refractivity contribution is 5.82. The van der Waals surface area contributed by atoms with Gasteiger partial charge < -0.3 is 10.0 Å². The lowest BCUT2D eigenvalue weighted by Gasteiger charge is -2.33. The number of aliphatic carboxylic acids is 1. The summed E-state index contributed by atoms with van der Waals surface area (Å²) in [5.74, 6) is 1.74. The second-order valence-corrected chi connectivity index (χ2v) is 6.51. The summed E-state index contributed by atoms with van der Waals surface area (Å²) in [6, 6.07) is 0. The third-order valence-electron chi connectivity index (χ3n) is 5.29. The predicted octanol–water partition coefficient (Wildman–Crippen LogP) is 2.14. The average molecular weight is 265 g/mol. The highest BCUT2D eigenvalue weighted by Crippen LogP contribution is 2.58. The molecule has 0 aromatic heterocycles. The molecule has 3 rings (SSSR count). The lowest BCUT2D eigenvalue weighted by Crippen LogP contribution is -2.41. The van der Waals surface area contributed by atoms with Crippen molar-refractivity contribution in [2.45, 2.75) is 44.9 Å². The fourth-order valence-electron chi connectivity index (χ4n) is 4.23. The zero-order valence-electron chi connectivity index (χ0n) is 11.4. The summed E-state index contributed by atoms with van der Waals surface area (Å²) in [5.41, 5.74) is 0. The summed E-state index contributed by atoms with van der Waals surface area (Å²) in [5, 5.41) is 8.75. The van der Waals surface area contributed by atoms with Gasteiger partial charge in [-0.3, -0.25) is 9.59 Å². The average Bonchev–Trinajstić information content (AvgIpc) is 2.88. The van der Waals surface area contributed by atoms with Crippen molar-refractivity contribution in [1.82, 2.24) is 4.90 Å². The van der Waals surface area contributed by atoms with E-state index >= 15 is 0 Å². The minimum atomic E-state index is -0.722. The molecule has 1 aliphatic heterocycles. The molecule has 1 amide bonds. The molecule has 3 fully saturated rings. The molecule has 1 N–H and O–H groups in total. The number of fused-ring (bicyclic) bond motifs is 1. The minimum absolute atomic E-state index is 0.237. The SMILES string of the molecule is O=C(O)CC[C@@H]1CCCN(C(=O)C2[C@H]3CCC[C@H]23)C1. The van der Waals surface area contributed by atoms with Crippen LogP contribution in [-0.4, -0.2) is 35.0 Å². The quantitative estimate of drug-likeness (QED) is 0.847. The summed E-state index contributed by atoms with van der Waals surface area (Å²) in [6.45, 7) is 1.68. The van der Waals surface area contributed by atoms with E-state index in [0.717, 1.165) is 32.4 Å². The number of piperidine rings is 1. The van der Waals surface area contributed by atoms with Gasteiger partial charge in [-0.15, -0.1) is 0 Å². The standard InChI is InChI=1S/C15H23NO3/c17-13(18)7-6-10-3-2-8-16(9-10)15(19)14-11-4-1-5-12(11)14/h10-12,14H,1-9H2,(H,17,18)/t10-,11-,12-/m0/s1. The summed E-state index contributed by atoms with van der Waals surface area (Å²) < 4.78 is 0. The van der Waals surface area contributed by atoms with Crippen LogP contribution in [0.15, 0.2) is 0 Å². The fourth-order valence-corrected chi connectivity index (χ4v) is 4.23. The van der Waals surface area contributed by atoms with Gasteiger partial charge in [-0.2, -0.15) is 0 Å². The zero-order valence-corrected chi connectivity index (χ0v) is 11.4. The molecule has 1 heterocycles. The van der Waals surface area contributed by atoms with Gasteiger partial charge in [-0.25, -0.2) is 0 Å². The highest BCUT2D eigenvalue weighted by Gasteiger charge is 2.57. The second kappa shape index (κ2) is 5.14. The lowest BCUT2D eigenvalue weighted by molar-refractivity contribution is -0.137. The fraction of sp³-hybridized carbons (Fsp3) is 0.867. The molecular weight excluding hydrogens is 242 g/mol. The van der Waals surface area contributed by atoms with Crippen LogP contribution in [-0.2, 0) is 9.59 Å². The van der Waals surface area contributed by atoms with Crippen LogP contribution >= 0.6 is 0 Å². The van der Waals surface area contributed by atoms with Crippen LogP contribution in [0.3, 0.4) is 0 Å². The normalized spacial score (nSPS) is 36.9.